The average Bonchev–Trinajstić information content (AvgIpc) is 3.37. The summed E-state index contributed by atoms with van der Waals surface area (Å²) in [5.74, 6) is -2.31. The van der Waals surface area contributed by atoms with Gasteiger partial charge in [-0.3, -0.25) is 0 Å². The van der Waals surface area contributed by atoms with E-state index < -0.39 is 48.1 Å². The van der Waals surface area contributed by atoms with Crippen LogP contribution >= 0.6 is 0 Å². The number of carboxylic acids is 1. The normalized spacial score (nSPS) is 17.2. The molecule has 8 nitrogen and oxygen atoms in total. The number of hydrogen-bond acceptors (Lipinski definition) is 6. The fraction of sp³-hybridized carbons (Fsp3) is 0.312. The Morgan fingerprint density at radius 2 is 1.52 bits per heavy atom. The minimum absolute atomic E-state index is 0.0724. The standard InChI is InChI=1S/C32H31BF3NO7/c1-30(2)31(3,4)44-33(43-30)21(14-19-13-20(28(38)39)16-22(15-19)42-32(34,35)36)17-37-29(40)41-18-27-25-11-7-5-9-23(25)24-10-6-8-12-26(24)27/h5-16,27H,17-18H2,1-4H3,(H,37,40)(H,38,39). The van der Waals surface area contributed by atoms with Gasteiger partial charge in [0.25, 0.3) is 0 Å². The summed E-state index contributed by atoms with van der Waals surface area (Å²) in [7, 11) is -1.01. The molecule has 3 aromatic carbocycles. The van der Waals surface area contributed by atoms with Crippen molar-refractivity contribution in [3.63, 3.8) is 0 Å². The molecule has 0 saturated carbocycles. The van der Waals surface area contributed by atoms with Crippen molar-refractivity contribution in [3.05, 3.63) is 94.5 Å². The molecule has 2 aliphatic rings. The quantitative estimate of drug-likeness (QED) is 0.270. The highest BCUT2D eigenvalue weighted by atomic mass is 19.4. The maximum absolute atomic E-state index is 13.0. The molecule has 1 saturated heterocycles. The number of nitrogens with one attached hydrogen (secondary N) is 1. The van der Waals surface area contributed by atoms with Crippen LogP contribution in [-0.2, 0) is 14.0 Å². The summed E-state index contributed by atoms with van der Waals surface area (Å²) in [6.45, 7) is 7.20. The molecule has 230 valence electrons. The molecule has 44 heavy (non-hydrogen) atoms. The van der Waals surface area contributed by atoms with Crippen LogP contribution < -0.4 is 10.1 Å². The number of ether oxygens (including phenoxy) is 2. The van der Waals surface area contributed by atoms with E-state index in [1.54, 1.807) is 0 Å². The van der Waals surface area contributed by atoms with Crippen LogP contribution in [0.2, 0.25) is 0 Å². The lowest BCUT2D eigenvalue weighted by Gasteiger charge is -2.32. The van der Waals surface area contributed by atoms with Crippen molar-refractivity contribution < 1.29 is 46.6 Å². The number of amides is 1. The summed E-state index contributed by atoms with van der Waals surface area (Å²) in [5, 5.41) is 12.2. The van der Waals surface area contributed by atoms with Gasteiger partial charge < -0.3 is 29.2 Å². The third-order valence-electron chi connectivity index (χ3n) is 8.10. The summed E-state index contributed by atoms with van der Waals surface area (Å²) in [6, 6.07) is 18.8. The molecule has 0 aromatic heterocycles. The lowest BCUT2D eigenvalue weighted by Crippen LogP contribution is -2.41. The minimum atomic E-state index is -5.03. The largest absolute Gasteiger partial charge is 0.573 e. The van der Waals surface area contributed by atoms with Gasteiger partial charge in [-0.15, -0.1) is 13.2 Å². The minimum Gasteiger partial charge on any atom is -0.478 e. The lowest BCUT2D eigenvalue weighted by molar-refractivity contribution is -0.274. The molecule has 2 N–H and O–H groups in total. The van der Waals surface area contributed by atoms with Crippen LogP contribution in [0, 0.1) is 0 Å². The van der Waals surface area contributed by atoms with Crippen LogP contribution in [0.3, 0.4) is 0 Å². The highest BCUT2D eigenvalue weighted by Gasteiger charge is 2.52. The van der Waals surface area contributed by atoms with Gasteiger partial charge in [0.1, 0.15) is 12.4 Å². The lowest BCUT2D eigenvalue weighted by atomic mass is 9.77. The van der Waals surface area contributed by atoms with E-state index in [4.69, 9.17) is 14.0 Å². The number of alkyl carbamates (subject to hydrolysis) is 1. The molecule has 5 rings (SSSR count). The number of rotatable bonds is 8. The number of carbonyl (C=O) groups is 2. The molecule has 0 unspecified atom stereocenters. The molecule has 1 fully saturated rings. The Bertz CT molecular complexity index is 1560. The molecule has 0 bridgehead atoms. The van der Waals surface area contributed by atoms with Crippen molar-refractivity contribution in [3.8, 4) is 16.9 Å². The van der Waals surface area contributed by atoms with E-state index in [1.807, 2.05) is 76.2 Å². The van der Waals surface area contributed by atoms with Crippen molar-refractivity contribution in [1.82, 2.24) is 5.32 Å². The van der Waals surface area contributed by atoms with E-state index in [2.05, 4.69) is 10.1 Å². The predicted octanol–water partition coefficient (Wildman–Crippen LogP) is 6.84. The number of hydrogen-bond donors (Lipinski definition) is 2. The second-order valence-corrected chi connectivity index (χ2v) is 11.6. The highest BCUT2D eigenvalue weighted by molar-refractivity contribution is 6.56. The number of aromatic carboxylic acids is 1. The molecule has 3 aromatic rings. The SMILES string of the molecule is CC1(C)OB(C(=Cc2cc(OC(F)(F)F)cc(C(=O)O)c2)CNC(=O)OCC2c3ccccc3-c3ccccc32)OC1(C)C. The molecule has 0 spiro atoms. The average molecular weight is 609 g/mol. The number of carbonyl (C=O) groups excluding carboxylic acids is 1. The molecule has 1 amide bonds. The van der Waals surface area contributed by atoms with Gasteiger partial charge in [-0.2, -0.15) is 0 Å². The summed E-state index contributed by atoms with van der Waals surface area (Å²) in [6.07, 6.45) is -4.35. The third-order valence-corrected chi connectivity index (χ3v) is 8.10. The monoisotopic (exact) mass is 609 g/mol. The number of alkyl halides is 3. The van der Waals surface area contributed by atoms with Gasteiger partial charge in [-0.25, -0.2) is 9.59 Å². The van der Waals surface area contributed by atoms with Crippen molar-refractivity contribution in [2.45, 2.75) is 51.2 Å². The fourth-order valence-electron chi connectivity index (χ4n) is 5.26. The molecule has 1 aliphatic heterocycles. The zero-order valence-corrected chi connectivity index (χ0v) is 24.5. The topological polar surface area (TPSA) is 103 Å². The Morgan fingerprint density at radius 1 is 0.955 bits per heavy atom. The molecular formula is C32H31BF3NO7. The second kappa shape index (κ2) is 11.7. The smallest absolute Gasteiger partial charge is 0.478 e. The van der Waals surface area contributed by atoms with Crippen LogP contribution in [0.5, 0.6) is 5.75 Å². The van der Waals surface area contributed by atoms with Crippen LogP contribution in [-0.4, -0.2) is 55.0 Å². The van der Waals surface area contributed by atoms with Gasteiger partial charge in [0, 0.05) is 12.5 Å². The predicted molar refractivity (Wildman–Crippen MR) is 157 cm³/mol. The van der Waals surface area contributed by atoms with Crippen LogP contribution in [0.15, 0.2) is 72.2 Å². The Hall–Kier alpha value is -4.29. The first-order valence-corrected chi connectivity index (χ1v) is 13.9. The van der Waals surface area contributed by atoms with E-state index in [9.17, 15) is 27.9 Å². The summed E-state index contributed by atoms with van der Waals surface area (Å²) < 4.78 is 60.7. The maximum Gasteiger partial charge on any atom is 0.573 e. The third kappa shape index (κ3) is 6.61. The van der Waals surface area contributed by atoms with Crippen molar-refractivity contribution >= 4 is 25.3 Å². The Kier molecular flexibility index (Phi) is 8.26. The highest BCUT2D eigenvalue weighted by Crippen LogP contribution is 2.44. The fourth-order valence-corrected chi connectivity index (χ4v) is 5.26. The van der Waals surface area contributed by atoms with E-state index in [0.717, 1.165) is 34.4 Å². The molecule has 1 aliphatic carbocycles. The first-order chi connectivity index (χ1) is 20.6. The molecule has 0 radical (unpaired) electrons. The van der Waals surface area contributed by atoms with Crippen molar-refractivity contribution in [2.24, 2.45) is 0 Å². The Morgan fingerprint density at radius 3 is 2.07 bits per heavy atom. The van der Waals surface area contributed by atoms with Gasteiger partial charge in [-0.1, -0.05) is 54.6 Å². The van der Waals surface area contributed by atoms with E-state index in [1.165, 1.54) is 12.1 Å². The molecule has 1 heterocycles. The van der Waals surface area contributed by atoms with E-state index >= 15 is 0 Å². The van der Waals surface area contributed by atoms with Crippen molar-refractivity contribution in [2.75, 3.05) is 13.2 Å². The Balaban J connectivity index is 1.37. The van der Waals surface area contributed by atoms with Crippen molar-refractivity contribution in [1.29, 1.82) is 0 Å². The zero-order valence-electron chi connectivity index (χ0n) is 24.5. The number of benzene rings is 3. The summed E-state index contributed by atoms with van der Waals surface area (Å²) in [4.78, 5) is 24.6. The maximum atomic E-state index is 13.0. The second-order valence-electron chi connectivity index (χ2n) is 11.6. The summed E-state index contributed by atoms with van der Waals surface area (Å²) in [5.41, 5.74) is 2.70. The molecule has 12 heteroatoms. The van der Waals surface area contributed by atoms with Crippen LogP contribution in [0.1, 0.15) is 60.7 Å². The first kappa shape index (κ1) is 31.1. The summed E-state index contributed by atoms with van der Waals surface area (Å²) >= 11 is 0. The Labute approximate surface area is 252 Å². The number of halogens is 3. The van der Waals surface area contributed by atoms with E-state index in [-0.39, 0.29) is 24.6 Å². The van der Waals surface area contributed by atoms with Gasteiger partial charge in [0.15, 0.2) is 0 Å². The van der Waals surface area contributed by atoms with Gasteiger partial charge in [0.05, 0.1) is 16.8 Å². The van der Waals surface area contributed by atoms with E-state index in [0.29, 0.717) is 5.47 Å². The molecule has 0 atom stereocenters. The van der Waals surface area contributed by atoms with Crippen LogP contribution in [0.25, 0.3) is 17.2 Å². The number of fused-ring (bicyclic) bond motifs is 3. The van der Waals surface area contributed by atoms with Gasteiger partial charge in [0.2, 0.25) is 0 Å². The number of carboxylic acid groups (broad SMARTS) is 1. The first-order valence-electron chi connectivity index (χ1n) is 13.9. The zero-order chi connectivity index (χ0) is 31.9. The molecular weight excluding hydrogens is 578 g/mol. The van der Waals surface area contributed by atoms with Crippen LogP contribution in [0.4, 0.5) is 18.0 Å². The van der Waals surface area contributed by atoms with Gasteiger partial charge >= 0.3 is 25.5 Å². The van der Waals surface area contributed by atoms with Gasteiger partial charge in [-0.05, 0) is 79.2 Å².